The maximum Gasteiger partial charge on any atom is 0.256 e. The molecule has 1 fully saturated rings. The van der Waals surface area contributed by atoms with Gasteiger partial charge in [0.25, 0.3) is 5.56 Å². The molecule has 2 aromatic rings. The van der Waals surface area contributed by atoms with E-state index in [4.69, 9.17) is 0 Å². The number of aryl methyl sites for hydroxylation is 2. The topological polar surface area (TPSA) is 56.0 Å². The van der Waals surface area contributed by atoms with Gasteiger partial charge in [-0.15, -0.1) is 0 Å². The van der Waals surface area contributed by atoms with Crippen LogP contribution in [0.5, 0.6) is 0 Å². The second-order valence-corrected chi connectivity index (χ2v) is 6.57. The number of likely N-dealkylation sites (tertiary alicyclic amines) is 1. The summed E-state index contributed by atoms with van der Waals surface area (Å²) in [7, 11) is 2.04. The Morgan fingerprint density at radius 3 is 2.61 bits per heavy atom. The lowest BCUT2D eigenvalue weighted by Crippen LogP contribution is -2.37. The smallest absolute Gasteiger partial charge is 0.256 e. The van der Waals surface area contributed by atoms with Gasteiger partial charge in [-0.05, 0) is 38.8 Å². The molecule has 23 heavy (non-hydrogen) atoms. The van der Waals surface area contributed by atoms with Gasteiger partial charge in [-0.25, -0.2) is 9.97 Å². The highest BCUT2D eigenvalue weighted by Crippen LogP contribution is 2.18. The number of hydrogen-bond acceptors (Lipinski definition) is 4. The number of rotatable bonds is 5. The van der Waals surface area contributed by atoms with Crippen LogP contribution in [-0.2, 0) is 20.0 Å². The molecule has 0 aliphatic carbocycles. The summed E-state index contributed by atoms with van der Waals surface area (Å²) in [5, 5.41) is 0. The summed E-state index contributed by atoms with van der Waals surface area (Å²) in [6.07, 6.45) is 10.4. The molecule has 0 amide bonds. The van der Waals surface area contributed by atoms with Crippen molar-refractivity contribution in [3.05, 3.63) is 46.7 Å². The maximum atomic E-state index is 12.1. The zero-order valence-electron chi connectivity index (χ0n) is 14.0. The van der Waals surface area contributed by atoms with Crippen molar-refractivity contribution >= 4 is 0 Å². The minimum atomic E-state index is 0.0960. The fourth-order valence-electron chi connectivity index (χ4n) is 3.26. The number of piperidine rings is 1. The van der Waals surface area contributed by atoms with E-state index < -0.39 is 0 Å². The Morgan fingerprint density at radius 2 is 1.91 bits per heavy atom. The van der Waals surface area contributed by atoms with E-state index >= 15 is 0 Å². The van der Waals surface area contributed by atoms with Crippen molar-refractivity contribution in [2.75, 3.05) is 19.6 Å². The van der Waals surface area contributed by atoms with Gasteiger partial charge in [0.05, 0.1) is 12.7 Å². The Kier molecular flexibility index (Phi) is 4.91. The molecule has 124 valence electrons. The molecule has 3 heterocycles. The second-order valence-electron chi connectivity index (χ2n) is 6.57. The molecule has 6 nitrogen and oxygen atoms in total. The van der Waals surface area contributed by atoms with Crippen LogP contribution in [0.3, 0.4) is 0 Å². The van der Waals surface area contributed by atoms with E-state index in [-0.39, 0.29) is 5.56 Å². The molecule has 0 bridgehead atoms. The van der Waals surface area contributed by atoms with Crippen LogP contribution in [0.15, 0.2) is 29.8 Å². The van der Waals surface area contributed by atoms with Gasteiger partial charge in [-0.2, -0.15) is 0 Å². The minimum absolute atomic E-state index is 0.0960. The summed E-state index contributed by atoms with van der Waals surface area (Å²) in [5.41, 5.74) is 2.10. The minimum Gasteiger partial charge on any atom is -0.338 e. The number of hydrogen-bond donors (Lipinski definition) is 0. The predicted molar refractivity (Wildman–Crippen MR) is 89.3 cm³/mol. The third kappa shape index (κ3) is 3.88. The molecule has 0 atom stereocenters. The summed E-state index contributed by atoms with van der Waals surface area (Å²) >= 11 is 0. The highest BCUT2D eigenvalue weighted by Gasteiger charge is 2.20. The van der Waals surface area contributed by atoms with Crippen LogP contribution < -0.4 is 5.56 Å². The van der Waals surface area contributed by atoms with Crippen LogP contribution in [0.1, 0.15) is 24.1 Å². The molecule has 0 N–H and O–H groups in total. The molecule has 1 aliphatic rings. The van der Waals surface area contributed by atoms with Gasteiger partial charge in [-0.3, -0.25) is 9.36 Å². The predicted octanol–water partition coefficient (Wildman–Crippen LogP) is 1.24. The van der Waals surface area contributed by atoms with E-state index in [1.54, 1.807) is 17.1 Å². The SMILES string of the molecule is Cc1cncn(CC2CCN(CCc3cncn3C)CC2)c1=O. The van der Waals surface area contributed by atoms with Crippen molar-refractivity contribution < 1.29 is 0 Å². The molecule has 0 radical (unpaired) electrons. The van der Waals surface area contributed by atoms with E-state index in [0.29, 0.717) is 5.92 Å². The van der Waals surface area contributed by atoms with Crippen LogP contribution in [0.25, 0.3) is 0 Å². The fourth-order valence-corrected chi connectivity index (χ4v) is 3.26. The normalized spacial score (nSPS) is 16.8. The maximum absolute atomic E-state index is 12.1. The first-order valence-electron chi connectivity index (χ1n) is 8.32. The molecular formula is C17H25N5O. The van der Waals surface area contributed by atoms with Gasteiger partial charge in [0.15, 0.2) is 0 Å². The van der Waals surface area contributed by atoms with E-state index in [1.807, 2.05) is 26.5 Å². The molecule has 0 saturated carbocycles. The van der Waals surface area contributed by atoms with Crippen molar-refractivity contribution in [3.8, 4) is 0 Å². The van der Waals surface area contributed by atoms with Crippen LogP contribution in [0, 0.1) is 12.8 Å². The van der Waals surface area contributed by atoms with Crippen molar-refractivity contribution in [2.24, 2.45) is 13.0 Å². The van der Waals surface area contributed by atoms with Crippen molar-refractivity contribution in [1.29, 1.82) is 0 Å². The van der Waals surface area contributed by atoms with Gasteiger partial charge in [0, 0.05) is 50.2 Å². The van der Waals surface area contributed by atoms with Crippen molar-refractivity contribution in [1.82, 2.24) is 24.0 Å². The Morgan fingerprint density at radius 1 is 1.17 bits per heavy atom. The van der Waals surface area contributed by atoms with Gasteiger partial charge in [0.1, 0.15) is 0 Å². The molecule has 2 aromatic heterocycles. The van der Waals surface area contributed by atoms with Crippen LogP contribution in [-0.4, -0.2) is 43.6 Å². The average Bonchev–Trinajstić information content (AvgIpc) is 2.96. The van der Waals surface area contributed by atoms with E-state index in [9.17, 15) is 4.79 Å². The molecule has 0 unspecified atom stereocenters. The zero-order valence-corrected chi connectivity index (χ0v) is 14.0. The lowest BCUT2D eigenvalue weighted by molar-refractivity contribution is 0.173. The third-order valence-corrected chi connectivity index (χ3v) is 4.84. The number of nitrogens with zero attached hydrogens (tertiary/aromatic N) is 5. The quantitative estimate of drug-likeness (QED) is 0.833. The Hall–Kier alpha value is -1.95. The molecule has 0 aromatic carbocycles. The highest BCUT2D eigenvalue weighted by molar-refractivity contribution is 5.01. The molecule has 1 saturated heterocycles. The summed E-state index contributed by atoms with van der Waals surface area (Å²) in [5.74, 6) is 0.573. The van der Waals surface area contributed by atoms with Gasteiger partial charge in [-0.1, -0.05) is 0 Å². The third-order valence-electron chi connectivity index (χ3n) is 4.84. The summed E-state index contributed by atoms with van der Waals surface area (Å²) in [6, 6.07) is 0. The van der Waals surface area contributed by atoms with Crippen LogP contribution in [0.2, 0.25) is 0 Å². The van der Waals surface area contributed by atoms with Crippen LogP contribution >= 0.6 is 0 Å². The summed E-state index contributed by atoms with van der Waals surface area (Å²) < 4.78 is 3.86. The first-order chi connectivity index (χ1) is 11.1. The van der Waals surface area contributed by atoms with Crippen molar-refractivity contribution in [3.63, 3.8) is 0 Å². The van der Waals surface area contributed by atoms with Crippen LogP contribution in [0.4, 0.5) is 0 Å². The average molecular weight is 315 g/mol. The first-order valence-corrected chi connectivity index (χ1v) is 8.32. The molecule has 0 spiro atoms. The lowest BCUT2D eigenvalue weighted by atomic mass is 9.96. The van der Waals surface area contributed by atoms with E-state index in [1.165, 1.54) is 5.69 Å². The first kappa shape index (κ1) is 15.9. The summed E-state index contributed by atoms with van der Waals surface area (Å²) in [6.45, 7) is 5.92. The lowest BCUT2D eigenvalue weighted by Gasteiger charge is -2.32. The second kappa shape index (κ2) is 7.08. The van der Waals surface area contributed by atoms with E-state index in [0.717, 1.165) is 51.0 Å². The molecular weight excluding hydrogens is 290 g/mol. The molecule has 1 aliphatic heterocycles. The zero-order chi connectivity index (χ0) is 16.2. The largest absolute Gasteiger partial charge is 0.338 e. The number of imidazole rings is 1. The fraction of sp³-hybridized carbons (Fsp3) is 0.588. The molecule has 3 rings (SSSR count). The van der Waals surface area contributed by atoms with Gasteiger partial charge >= 0.3 is 0 Å². The standard InChI is InChI=1S/C17H25N5O/c1-14-9-18-13-22(17(14)23)11-15-3-6-21(7-4-15)8-5-16-10-19-12-20(16)2/h9-10,12-13,15H,3-8,11H2,1-2H3. The Labute approximate surface area is 136 Å². The van der Waals surface area contributed by atoms with E-state index in [2.05, 4.69) is 19.4 Å². The Balaban J connectivity index is 1.48. The highest BCUT2D eigenvalue weighted by atomic mass is 16.1. The Bertz CT molecular complexity index is 697. The number of aromatic nitrogens is 4. The van der Waals surface area contributed by atoms with Gasteiger partial charge in [0.2, 0.25) is 0 Å². The van der Waals surface area contributed by atoms with Gasteiger partial charge < -0.3 is 9.47 Å². The van der Waals surface area contributed by atoms with Crippen molar-refractivity contribution in [2.45, 2.75) is 32.7 Å². The molecule has 6 heteroatoms. The summed E-state index contributed by atoms with van der Waals surface area (Å²) in [4.78, 5) is 22.9. The monoisotopic (exact) mass is 315 g/mol.